The maximum atomic E-state index is 12.3. The lowest BCUT2D eigenvalue weighted by Crippen LogP contribution is -2.36. The Morgan fingerprint density at radius 1 is 1.23 bits per heavy atom. The minimum absolute atomic E-state index is 0.0525. The Kier molecular flexibility index (Phi) is 4.95. The molecule has 4 nitrogen and oxygen atoms in total. The zero-order valence-electron chi connectivity index (χ0n) is 12.3. The van der Waals surface area contributed by atoms with E-state index in [-0.39, 0.29) is 11.9 Å². The Morgan fingerprint density at radius 2 is 1.95 bits per heavy atom. The number of halogens is 1. The highest BCUT2D eigenvalue weighted by molar-refractivity contribution is 9.10. The first kappa shape index (κ1) is 15.3. The number of rotatable bonds is 5. The second kappa shape index (κ2) is 7.11. The molecule has 3 rings (SSSR count). The van der Waals surface area contributed by atoms with Gasteiger partial charge in [0.25, 0.3) is 5.91 Å². The molecular formula is C17H19BrN2O2. The Bertz CT molecular complexity index is 604. The van der Waals surface area contributed by atoms with Gasteiger partial charge >= 0.3 is 0 Å². The fourth-order valence-electron chi connectivity index (χ4n) is 2.84. The number of furan rings is 1. The lowest BCUT2D eigenvalue weighted by Gasteiger charge is -2.26. The van der Waals surface area contributed by atoms with Crippen molar-refractivity contribution < 1.29 is 9.21 Å². The third-order valence-electron chi connectivity index (χ3n) is 4.02. The standard InChI is InChI=1S/C17H19BrN2O2/c18-14-7-5-13(6-8-14)17(21)19-12-15(16-4-3-11-22-16)20-9-1-2-10-20/h3-8,11,15H,1-2,9-10,12H2,(H,19,21). The number of nitrogens with zero attached hydrogens (tertiary/aromatic N) is 1. The molecule has 1 atom stereocenters. The molecule has 1 aromatic carbocycles. The molecule has 1 fully saturated rings. The summed E-state index contributed by atoms with van der Waals surface area (Å²) in [6.45, 7) is 2.67. The molecule has 0 radical (unpaired) electrons. The van der Waals surface area contributed by atoms with Gasteiger partial charge in [-0.3, -0.25) is 9.69 Å². The lowest BCUT2D eigenvalue weighted by atomic mass is 10.1. The average molecular weight is 363 g/mol. The van der Waals surface area contributed by atoms with Crippen molar-refractivity contribution >= 4 is 21.8 Å². The van der Waals surface area contributed by atoms with Crippen molar-refractivity contribution in [1.82, 2.24) is 10.2 Å². The third kappa shape index (κ3) is 3.59. The lowest BCUT2D eigenvalue weighted by molar-refractivity contribution is 0.0934. The van der Waals surface area contributed by atoms with Crippen LogP contribution >= 0.6 is 15.9 Å². The highest BCUT2D eigenvalue weighted by atomic mass is 79.9. The van der Waals surface area contributed by atoms with Crippen molar-refractivity contribution in [1.29, 1.82) is 0 Å². The van der Waals surface area contributed by atoms with Gasteiger partial charge in [0.05, 0.1) is 12.3 Å². The summed E-state index contributed by atoms with van der Waals surface area (Å²) in [5.74, 6) is 0.862. The van der Waals surface area contributed by atoms with Crippen molar-refractivity contribution in [2.45, 2.75) is 18.9 Å². The van der Waals surface area contributed by atoms with Gasteiger partial charge < -0.3 is 9.73 Å². The summed E-state index contributed by atoms with van der Waals surface area (Å²) in [5.41, 5.74) is 0.669. The zero-order valence-corrected chi connectivity index (χ0v) is 13.9. The van der Waals surface area contributed by atoms with Crippen molar-refractivity contribution in [2.24, 2.45) is 0 Å². The van der Waals surface area contributed by atoms with Crippen LogP contribution in [0, 0.1) is 0 Å². The van der Waals surface area contributed by atoms with Gasteiger partial charge in [-0.1, -0.05) is 15.9 Å². The van der Waals surface area contributed by atoms with Crippen LogP contribution in [0.5, 0.6) is 0 Å². The van der Waals surface area contributed by atoms with E-state index in [1.165, 1.54) is 12.8 Å². The number of benzene rings is 1. The van der Waals surface area contributed by atoms with E-state index in [4.69, 9.17) is 4.42 Å². The summed E-state index contributed by atoms with van der Waals surface area (Å²) in [4.78, 5) is 14.6. The summed E-state index contributed by atoms with van der Waals surface area (Å²) in [5, 5.41) is 3.03. The highest BCUT2D eigenvalue weighted by Gasteiger charge is 2.25. The van der Waals surface area contributed by atoms with Crippen LogP contribution < -0.4 is 5.32 Å². The van der Waals surface area contributed by atoms with E-state index in [2.05, 4.69) is 26.1 Å². The van der Waals surface area contributed by atoms with Gasteiger partial charge in [-0.05, 0) is 62.3 Å². The molecule has 1 unspecified atom stereocenters. The molecule has 0 saturated carbocycles. The van der Waals surface area contributed by atoms with Crippen molar-refractivity contribution in [3.05, 3.63) is 58.5 Å². The van der Waals surface area contributed by atoms with Gasteiger partial charge in [-0.2, -0.15) is 0 Å². The predicted molar refractivity (Wildman–Crippen MR) is 88.7 cm³/mol. The molecule has 1 aromatic heterocycles. The van der Waals surface area contributed by atoms with E-state index in [0.29, 0.717) is 12.1 Å². The summed E-state index contributed by atoms with van der Waals surface area (Å²) in [7, 11) is 0. The number of amides is 1. The fraction of sp³-hybridized carbons (Fsp3) is 0.353. The Hall–Kier alpha value is -1.59. The minimum atomic E-state index is -0.0525. The quantitative estimate of drug-likeness (QED) is 0.883. The molecule has 2 heterocycles. The number of hydrogen-bond donors (Lipinski definition) is 1. The first-order valence-electron chi connectivity index (χ1n) is 7.55. The Morgan fingerprint density at radius 3 is 2.59 bits per heavy atom. The average Bonchev–Trinajstić information content (AvgIpc) is 3.22. The molecule has 1 saturated heterocycles. The summed E-state index contributed by atoms with van der Waals surface area (Å²) >= 11 is 3.38. The zero-order chi connectivity index (χ0) is 15.4. The van der Waals surface area contributed by atoms with E-state index in [9.17, 15) is 4.79 Å². The van der Waals surface area contributed by atoms with Crippen molar-refractivity contribution in [3.8, 4) is 0 Å². The van der Waals surface area contributed by atoms with Gasteiger partial charge in [0, 0.05) is 16.6 Å². The molecule has 0 aliphatic carbocycles. The van der Waals surface area contributed by atoms with Crippen LogP contribution in [0.3, 0.4) is 0 Å². The van der Waals surface area contributed by atoms with Crippen molar-refractivity contribution in [2.75, 3.05) is 19.6 Å². The van der Waals surface area contributed by atoms with E-state index in [0.717, 1.165) is 23.3 Å². The van der Waals surface area contributed by atoms with Gasteiger partial charge in [0.2, 0.25) is 0 Å². The third-order valence-corrected chi connectivity index (χ3v) is 4.54. The smallest absolute Gasteiger partial charge is 0.251 e. The molecule has 22 heavy (non-hydrogen) atoms. The first-order valence-corrected chi connectivity index (χ1v) is 8.34. The van der Waals surface area contributed by atoms with Crippen molar-refractivity contribution in [3.63, 3.8) is 0 Å². The van der Waals surface area contributed by atoms with Crippen LogP contribution in [0.1, 0.15) is 35.0 Å². The van der Waals surface area contributed by atoms with E-state index in [1.54, 1.807) is 6.26 Å². The second-order valence-corrected chi connectivity index (χ2v) is 6.41. The first-order chi connectivity index (χ1) is 10.7. The Balaban J connectivity index is 1.66. The largest absolute Gasteiger partial charge is 0.468 e. The number of hydrogen-bond acceptors (Lipinski definition) is 3. The molecule has 1 aliphatic heterocycles. The SMILES string of the molecule is O=C(NCC(c1ccco1)N1CCCC1)c1ccc(Br)cc1. The number of likely N-dealkylation sites (tertiary alicyclic amines) is 1. The molecule has 1 N–H and O–H groups in total. The van der Waals surface area contributed by atoms with E-state index >= 15 is 0 Å². The van der Waals surface area contributed by atoms with Crippen LogP contribution in [0.4, 0.5) is 0 Å². The van der Waals surface area contributed by atoms with Gasteiger partial charge in [-0.15, -0.1) is 0 Å². The number of carbonyl (C=O) groups excluding carboxylic acids is 1. The fourth-order valence-corrected chi connectivity index (χ4v) is 3.10. The van der Waals surface area contributed by atoms with Crippen LogP contribution in [-0.2, 0) is 0 Å². The number of carbonyl (C=O) groups is 1. The molecule has 5 heteroatoms. The van der Waals surface area contributed by atoms with Crippen LogP contribution in [0.15, 0.2) is 51.6 Å². The maximum absolute atomic E-state index is 12.3. The molecule has 116 valence electrons. The molecule has 0 bridgehead atoms. The molecule has 1 amide bonds. The van der Waals surface area contributed by atoms with Crippen LogP contribution in [0.2, 0.25) is 0 Å². The predicted octanol–water partition coefficient (Wildman–Crippen LogP) is 3.61. The van der Waals surface area contributed by atoms with Gasteiger partial charge in [0.15, 0.2) is 0 Å². The number of nitrogens with one attached hydrogen (secondary N) is 1. The monoisotopic (exact) mass is 362 g/mol. The summed E-state index contributed by atoms with van der Waals surface area (Å²) in [6, 6.07) is 11.4. The highest BCUT2D eigenvalue weighted by Crippen LogP contribution is 2.25. The van der Waals surface area contributed by atoms with E-state index in [1.807, 2.05) is 36.4 Å². The minimum Gasteiger partial charge on any atom is -0.468 e. The van der Waals surface area contributed by atoms with Gasteiger partial charge in [-0.25, -0.2) is 0 Å². The summed E-state index contributed by atoms with van der Waals surface area (Å²) < 4.78 is 6.53. The maximum Gasteiger partial charge on any atom is 0.251 e. The van der Waals surface area contributed by atoms with Crippen LogP contribution in [-0.4, -0.2) is 30.4 Å². The van der Waals surface area contributed by atoms with Crippen LogP contribution in [0.25, 0.3) is 0 Å². The summed E-state index contributed by atoms with van der Waals surface area (Å²) in [6.07, 6.45) is 4.10. The van der Waals surface area contributed by atoms with Gasteiger partial charge in [0.1, 0.15) is 5.76 Å². The topological polar surface area (TPSA) is 45.5 Å². The molecule has 2 aromatic rings. The second-order valence-electron chi connectivity index (χ2n) is 5.49. The normalized spacial score (nSPS) is 16.6. The molecule has 1 aliphatic rings. The molecular weight excluding hydrogens is 344 g/mol. The Labute approximate surface area is 138 Å². The van der Waals surface area contributed by atoms with E-state index < -0.39 is 0 Å². The molecule has 0 spiro atoms.